The van der Waals surface area contributed by atoms with Crippen LogP contribution in [0.25, 0.3) is 0 Å². The van der Waals surface area contributed by atoms with Gasteiger partial charge in [-0.05, 0) is 43.8 Å². The maximum absolute atomic E-state index is 5.96. The Morgan fingerprint density at radius 3 is 2.76 bits per heavy atom. The van der Waals surface area contributed by atoms with Crippen LogP contribution in [0.4, 0.5) is 0 Å². The van der Waals surface area contributed by atoms with Crippen LogP contribution in [0.3, 0.4) is 0 Å². The molecule has 0 saturated carbocycles. The first-order chi connectivity index (χ1) is 8.35. The first kappa shape index (κ1) is 12.9. The molecule has 94 valence electrons. The monoisotopic (exact) mass is 251 g/mol. The van der Waals surface area contributed by atoms with Gasteiger partial charge in [0.05, 0.1) is 6.10 Å². The average Bonchev–Trinajstić information content (AvgIpc) is 2.40. The van der Waals surface area contributed by atoms with Gasteiger partial charge in [-0.1, -0.05) is 12.1 Å². The minimum absolute atomic E-state index is 0.270. The molecule has 1 saturated heterocycles. The Morgan fingerprint density at radius 1 is 1.35 bits per heavy atom. The van der Waals surface area contributed by atoms with Crippen molar-refractivity contribution in [2.24, 2.45) is 5.92 Å². The van der Waals surface area contributed by atoms with E-state index in [1.807, 2.05) is 7.05 Å². The summed E-state index contributed by atoms with van der Waals surface area (Å²) in [7, 11) is 2.02. The van der Waals surface area contributed by atoms with Crippen LogP contribution in [0.5, 0.6) is 0 Å². The normalized spacial score (nSPS) is 24.8. The molecule has 1 fully saturated rings. The fraction of sp³-hybridized carbons (Fsp3) is 0.571. The molecule has 2 unspecified atom stereocenters. The van der Waals surface area contributed by atoms with E-state index in [-0.39, 0.29) is 6.10 Å². The van der Waals surface area contributed by atoms with Crippen molar-refractivity contribution in [3.8, 4) is 0 Å². The molecule has 3 heteroatoms. The summed E-state index contributed by atoms with van der Waals surface area (Å²) in [6, 6.07) is 8.80. The van der Waals surface area contributed by atoms with Crippen molar-refractivity contribution in [3.63, 3.8) is 0 Å². The van der Waals surface area contributed by atoms with Gasteiger partial charge in [-0.25, -0.2) is 0 Å². The smallest absolute Gasteiger partial charge is 0.0865 e. The van der Waals surface area contributed by atoms with E-state index in [9.17, 15) is 0 Å². The Kier molecular flexibility index (Phi) is 4.89. The zero-order chi connectivity index (χ0) is 12.1. The third kappa shape index (κ3) is 3.24. The van der Waals surface area contributed by atoms with Crippen LogP contribution >= 0.6 is 11.8 Å². The first-order valence-corrected chi connectivity index (χ1v) is 7.47. The molecule has 17 heavy (non-hydrogen) atoms. The van der Waals surface area contributed by atoms with Gasteiger partial charge < -0.3 is 10.1 Å². The maximum Gasteiger partial charge on any atom is 0.0865 e. The third-order valence-corrected chi connectivity index (χ3v) is 4.10. The molecule has 2 rings (SSSR count). The van der Waals surface area contributed by atoms with E-state index in [2.05, 4.69) is 35.8 Å². The van der Waals surface area contributed by atoms with Crippen molar-refractivity contribution in [1.29, 1.82) is 0 Å². The Hall–Kier alpha value is -0.510. The third-order valence-electron chi connectivity index (χ3n) is 3.36. The van der Waals surface area contributed by atoms with Gasteiger partial charge in [-0.2, -0.15) is 0 Å². The molecule has 1 heterocycles. The van der Waals surface area contributed by atoms with Crippen molar-refractivity contribution < 1.29 is 4.74 Å². The highest BCUT2D eigenvalue weighted by Gasteiger charge is 2.26. The predicted octanol–water partition coefficient (Wildman–Crippen LogP) is 3.10. The molecule has 0 amide bonds. The second-order valence-corrected chi connectivity index (χ2v) is 5.40. The van der Waals surface area contributed by atoms with Crippen molar-refractivity contribution in [2.75, 3.05) is 26.5 Å². The summed E-state index contributed by atoms with van der Waals surface area (Å²) in [6.07, 6.45) is 4.82. The van der Waals surface area contributed by atoms with Gasteiger partial charge in [0, 0.05) is 24.0 Å². The van der Waals surface area contributed by atoms with Gasteiger partial charge in [0.15, 0.2) is 0 Å². The highest BCUT2D eigenvalue weighted by Crippen LogP contribution is 2.33. The van der Waals surface area contributed by atoms with Crippen LogP contribution in [-0.2, 0) is 4.74 Å². The van der Waals surface area contributed by atoms with Crippen molar-refractivity contribution in [1.82, 2.24) is 5.32 Å². The Bertz CT molecular complexity index is 337. The van der Waals surface area contributed by atoms with Gasteiger partial charge >= 0.3 is 0 Å². The summed E-state index contributed by atoms with van der Waals surface area (Å²) >= 11 is 1.78. The second-order valence-electron chi connectivity index (χ2n) is 4.52. The zero-order valence-electron chi connectivity index (χ0n) is 10.6. The number of nitrogens with one attached hydrogen (secondary N) is 1. The summed E-state index contributed by atoms with van der Waals surface area (Å²) in [4.78, 5) is 1.31. The van der Waals surface area contributed by atoms with Crippen LogP contribution in [0.1, 0.15) is 24.5 Å². The lowest BCUT2D eigenvalue weighted by Crippen LogP contribution is -2.30. The Morgan fingerprint density at radius 2 is 2.12 bits per heavy atom. The molecule has 1 N–H and O–H groups in total. The summed E-state index contributed by atoms with van der Waals surface area (Å²) in [5.74, 6) is 0.605. The molecule has 1 aliphatic heterocycles. The van der Waals surface area contributed by atoms with Crippen LogP contribution in [0.2, 0.25) is 0 Å². The minimum atomic E-state index is 0.270. The summed E-state index contributed by atoms with van der Waals surface area (Å²) in [6.45, 7) is 1.93. The molecular formula is C14H21NOS. The molecule has 1 aromatic carbocycles. The fourth-order valence-electron chi connectivity index (χ4n) is 2.48. The number of hydrogen-bond donors (Lipinski definition) is 1. The fourth-order valence-corrected chi connectivity index (χ4v) is 2.88. The first-order valence-electron chi connectivity index (χ1n) is 6.25. The second kappa shape index (κ2) is 6.43. The van der Waals surface area contributed by atoms with Crippen molar-refractivity contribution >= 4 is 11.8 Å². The van der Waals surface area contributed by atoms with Crippen LogP contribution < -0.4 is 5.32 Å². The van der Waals surface area contributed by atoms with Crippen molar-refractivity contribution in [2.45, 2.75) is 23.8 Å². The molecule has 2 nitrogen and oxygen atoms in total. The van der Waals surface area contributed by atoms with Gasteiger partial charge in [-0.3, -0.25) is 0 Å². The summed E-state index contributed by atoms with van der Waals surface area (Å²) in [5.41, 5.74) is 1.32. The number of hydrogen-bond acceptors (Lipinski definition) is 3. The number of rotatable bonds is 4. The molecule has 0 aromatic heterocycles. The number of benzene rings is 1. The van der Waals surface area contributed by atoms with E-state index in [1.165, 1.54) is 23.3 Å². The van der Waals surface area contributed by atoms with E-state index in [1.54, 1.807) is 11.8 Å². The summed E-state index contributed by atoms with van der Waals surface area (Å²) < 4.78 is 5.96. The Balaban J connectivity index is 2.11. The molecule has 1 aromatic rings. The molecule has 1 aliphatic rings. The Labute approximate surface area is 108 Å². The highest BCUT2D eigenvalue weighted by atomic mass is 32.2. The van der Waals surface area contributed by atoms with E-state index in [4.69, 9.17) is 4.74 Å². The molecule has 2 atom stereocenters. The van der Waals surface area contributed by atoms with Crippen LogP contribution in [0, 0.1) is 5.92 Å². The lowest BCUT2D eigenvalue weighted by molar-refractivity contribution is -0.0272. The quantitative estimate of drug-likeness (QED) is 0.831. The van der Waals surface area contributed by atoms with E-state index < -0.39 is 0 Å². The molecule has 0 bridgehead atoms. The lowest BCUT2D eigenvalue weighted by atomic mass is 9.89. The SMILES string of the molecule is CNCC1CCCOC1c1ccc(SC)cc1. The van der Waals surface area contributed by atoms with E-state index >= 15 is 0 Å². The number of ether oxygens (including phenoxy) is 1. The maximum atomic E-state index is 5.96. The van der Waals surface area contributed by atoms with Crippen LogP contribution in [-0.4, -0.2) is 26.5 Å². The lowest BCUT2D eigenvalue weighted by Gasteiger charge is -2.32. The standard InChI is InChI=1S/C14H21NOS/c1-15-10-12-4-3-9-16-14(12)11-5-7-13(17-2)8-6-11/h5-8,12,14-15H,3-4,9-10H2,1-2H3. The molecule has 0 radical (unpaired) electrons. The highest BCUT2D eigenvalue weighted by molar-refractivity contribution is 7.98. The van der Waals surface area contributed by atoms with Gasteiger partial charge in [0.1, 0.15) is 0 Å². The van der Waals surface area contributed by atoms with Gasteiger partial charge in [0.25, 0.3) is 0 Å². The van der Waals surface area contributed by atoms with E-state index in [0.29, 0.717) is 5.92 Å². The molecule has 0 aliphatic carbocycles. The topological polar surface area (TPSA) is 21.3 Å². The van der Waals surface area contributed by atoms with Crippen molar-refractivity contribution in [3.05, 3.63) is 29.8 Å². The minimum Gasteiger partial charge on any atom is -0.373 e. The molecular weight excluding hydrogens is 230 g/mol. The largest absolute Gasteiger partial charge is 0.373 e. The van der Waals surface area contributed by atoms with Crippen LogP contribution in [0.15, 0.2) is 29.2 Å². The zero-order valence-corrected chi connectivity index (χ0v) is 11.4. The number of thioether (sulfide) groups is 1. The predicted molar refractivity (Wildman–Crippen MR) is 73.6 cm³/mol. The van der Waals surface area contributed by atoms with Gasteiger partial charge in [0.2, 0.25) is 0 Å². The average molecular weight is 251 g/mol. The molecule has 0 spiro atoms. The van der Waals surface area contributed by atoms with Gasteiger partial charge in [-0.15, -0.1) is 11.8 Å². The van der Waals surface area contributed by atoms with E-state index in [0.717, 1.165) is 13.2 Å². The summed E-state index contributed by atoms with van der Waals surface area (Å²) in [5, 5.41) is 3.28.